The summed E-state index contributed by atoms with van der Waals surface area (Å²) in [6.07, 6.45) is 7.12. The minimum atomic E-state index is -3.60. The lowest BCUT2D eigenvalue weighted by atomic mass is 9.95. The molecule has 0 radical (unpaired) electrons. The van der Waals surface area contributed by atoms with Crippen LogP contribution in [0.2, 0.25) is 0 Å². The molecule has 4 nitrogen and oxygen atoms in total. The number of nitrogens with one attached hydrogen (secondary N) is 1. The normalized spacial score (nSPS) is 19.0. The molecule has 1 N–H and O–H groups in total. The quantitative estimate of drug-likeness (QED) is 0.857. The van der Waals surface area contributed by atoms with Gasteiger partial charge in [-0.05, 0) is 37.3 Å². The standard InChI is InChI=1S/C14H16N2O2S/c15-10-13-8-4-5-9-14(13)19(17,18)16-11-12-6-2-1-3-7-12/h1-2,4-5,8-9,12,16H,3,6-7,11H2. The predicted molar refractivity (Wildman–Crippen MR) is 72.8 cm³/mol. The molecule has 5 heteroatoms. The zero-order valence-electron chi connectivity index (χ0n) is 10.5. The fraction of sp³-hybridized carbons (Fsp3) is 0.357. The minimum Gasteiger partial charge on any atom is -0.211 e. The van der Waals surface area contributed by atoms with Gasteiger partial charge in [0.1, 0.15) is 6.07 Å². The molecule has 19 heavy (non-hydrogen) atoms. The highest BCUT2D eigenvalue weighted by atomic mass is 32.2. The second kappa shape index (κ2) is 6.00. The van der Waals surface area contributed by atoms with Gasteiger partial charge in [0.05, 0.1) is 10.5 Å². The van der Waals surface area contributed by atoms with E-state index in [2.05, 4.69) is 16.9 Å². The van der Waals surface area contributed by atoms with Crippen molar-refractivity contribution in [2.75, 3.05) is 6.54 Å². The Morgan fingerprint density at radius 3 is 2.79 bits per heavy atom. The second-order valence-electron chi connectivity index (χ2n) is 4.61. The fourth-order valence-corrected chi connectivity index (χ4v) is 3.41. The van der Waals surface area contributed by atoms with Crippen molar-refractivity contribution in [3.8, 4) is 6.07 Å². The Labute approximate surface area is 113 Å². The van der Waals surface area contributed by atoms with E-state index in [0.29, 0.717) is 12.5 Å². The van der Waals surface area contributed by atoms with E-state index in [0.717, 1.165) is 19.3 Å². The maximum absolute atomic E-state index is 12.2. The van der Waals surface area contributed by atoms with Gasteiger partial charge < -0.3 is 0 Å². The highest BCUT2D eigenvalue weighted by molar-refractivity contribution is 7.89. The Morgan fingerprint density at radius 1 is 1.32 bits per heavy atom. The van der Waals surface area contributed by atoms with Crippen LogP contribution < -0.4 is 4.72 Å². The average molecular weight is 276 g/mol. The Balaban J connectivity index is 2.10. The molecular weight excluding hydrogens is 260 g/mol. The first kappa shape index (κ1) is 13.8. The minimum absolute atomic E-state index is 0.0591. The molecule has 0 saturated carbocycles. The SMILES string of the molecule is N#Cc1ccccc1S(=O)(=O)NCC1CC=CCC1. The molecule has 0 fully saturated rings. The number of nitrogens with zero attached hydrogens (tertiary/aromatic N) is 1. The van der Waals surface area contributed by atoms with Crippen LogP contribution >= 0.6 is 0 Å². The summed E-state index contributed by atoms with van der Waals surface area (Å²) < 4.78 is 27.0. The summed E-state index contributed by atoms with van der Waals surface area (Å²) in [5, 5.41) is 8.95. The lowest BCUT2D eigenvalue weighted by Gasteiger charge is -2.18. The summed E-state index contributed by atoms with van der Waals surface area (Å²) in [7, 11) is -3.60. The van der Waals surface area contributed by atoms with Gasteiger partial charge in [-0.3, -0.25) is 0 Å². The van der Waals surface area contributed by atoms with Gasteiger partial charge in [-0.1, -0.05) is 24.3 Å². The van der Waals surface area contributed by atoms with Crippen LogP contribution in [0.4, 0.5) is 0 Å². The molecule has 0 bridgehead atoms. The van der Waals surface area contributed by atoms with Crippen molar-refractivity contribution in [1.82, 2.24) is 4.72 Å². The average Bonchev–Trinajstić information content (AvgIpc) is 2.46. The summed E-state index contributed by atoms with van der Waals surface area (Å²) >= 11 is 0. The Morgan fingerprint density at radius 2 is 2.11 bits per heavy atom. The zero-order chi connectivity index (χ0) is 13.7. The van der Waals surface area contributed by atoms with Gasteiger partial charge in [-0.15, -0.1) is 0 Å². The van der Waals surface area contributed by atoms with E-state index in [4.69, 9.17) is 5.26 Å². The van der Waals surface area contributed by atoms with E-state index in [1.54, 1.807) is 12.1 Å². The molecule has 1 aliphatic carbocycles. The third-order valence-electron chi connectivity index (χ3n) is 3.24. The van der Waals surface area contributed by atoms with Gasteiger partial charge in [0.25, 0.3) is 0 Å². The molecule has 0 spiro atoms. The van der Waals surface area contributed by atoms with Crippen molar-refractivity contribution in [1.29, 1.82) is 5.26 Å². The highest BCUT2D eigenvalue weighted by Crippen LogP contribution is 2.19. The fourth-order valence-electron chi connectivity index (χ4n) is 2.14. The molecular formula is C14H16N2O2S. The van der Waals surface area contributed by atoms with Gasteiger partial charge in [0.15, 0.2) is 0 Å². The van der Waals surface area contributed by atoms with Gasteiger partial charge in [0, 0.05) is 6.54 Å². The monoisotopic (exact) mass is 276 g/mol. The summed E-state index contributed by atoms with van der Waals surface area (Å²) in [5.41, 5.74) is 0.179. The van der Waals surface area contributed by atoms with Crippen molar-refractivity contribution >= 4 is 10.0 Å². The maximum atomic E-state index is 12.2. The molecule has 0 aromatic heterocycles. The van der Waals surface area contributed by atoms with Crippen LogP contribution in [-0.2, 0) is 10.0 Å². The molecule has 0 amide bonds. The maximum Gasteiger partial charge on any atom is 0.241 e. The van der Waals surface area contributed by atoms with Gasteiger partial charge in [-0.25, -0.2) is 13.1 Å². The first-order valence-electron chi connectivity index (χ1n) is 6.27. The topological polar surface area (TPSA) is 70.0 Å². The lowest BCUT2D eigenvalue weighted by Crippen LogP contribution is -2.30. The molecule has 1 unspecified atom stereocenters. The van der Waals surface area contributed by atoms with Crippen LogP contribution in [0.5, 0.6) is 0 Å². The molecule has 0 saturated heterocycles. The molecule has 1 aromatic rings. The number of hydrogen-bond acceptors (Lipinski definition) is 3. The molecule has 100 valence electrons. The molecule has 2 rings (SSSR count). The third kappa shape index (κ3) is 3.43. The van der Waals surface area contributed by atoms with Crippen molar-refractivity contribution in [2.45, 2.75) is 24.2 Å². The van der Waals surface area contributed by atoms with Gasteiger partial charge in [0.2, 0.25) is 10.0 Å². The van der Waals surface area contributed by atoms with Crippen molar-refractivity contribution < 1.29 is 8.42 Å². The molecule has 1 atom stereocenters. The van der Waals surface area contributed by atoms with Gasteiger partial charge in [-0.2, -0.15) is 5.26 Å². The molecule has 1 aliphatic rings. The third-order valence-corrected chi connectivity index (χ3v) is 4.72. The van der Waals surface area contributed by atoms with Crippen LogP contribution in [0, 0.1) is 17.2 Å². The number of nitriles is 1. The van der Waals surface area contributed by atoms with E-state index >= 15 is 0 Å². The number of rotatable bonds is 4. The van der Waals surface area contributed by atoms with Crippen LogP contribution in [0.15, 0.2) is 41.3 Å². The van der Waals surface area contributed by atoms with E-state index < -0.39 is 10.0 Å². The van der Waals surface area contributed by atoms with Crippen molar-refractivity contribution in [3.63, 3.8) is 0 Å². The van der Waals surface area contributed by atoms with Crippen LogP contribution in [0.3, 0.4) is 0 Å². The zero-order valence-corrected chi connectivity index (χ0v) is 11.4. The van der Waals surface area contributed by atoms with Crippen LogP contribution in [0.25, 0.3) is 0 Å². The van der Waals surface area contributed by atoms with E-state index in [-0.39, 0.29) is 10.5 Å². The lowest BCUT2D eigenvalue weighted by molar-refractivity contribution is 0.468. The second-order valence-corrected chi connectivity index (χ2v) is 6.35. The molecule has 0 aliphatic heterocycles. The summed E-state index contributed by atoms with van der Waals surface area (Å²) in [6, 6.07) is 8.16. The first-order chi connectivity index (χ1) is 9.13. The number of hydrogen-bond donors (Lipinski definition) is 1. The van der Waals surface area contributed by atoms with Crippen molar-refractivity contribution in [2.24, 2.45) is 5.92 Å². The Kier molecular flexibility index (Phi) is 4.35. The van der Waals surface area contributed by atoms with Crippen LogP contribution in [0.1, 0.15) is 24.8 Å². The number of benzene rings is 1. The van der Waals surface area contributed by atoms with E-state index in [9.17, 15) is 8.42 Å². The number of sulfonamides is 1. The number of allylic oxidation sites excluding steroid dienone is 2. The summed E-state index contributed by atoms with van der Waals surface area (Å²) in [4.78, 5) is 0.0591. The van der Waals surface area contributed by atoms with Crippen molar-refractivity contribution in [3.05, 3.63) is 42.0 Å². The van der Waals surface area contributed by atoms with Gasteiger partial charge >= 0.3 is 0 Å². The summed E-state index contributed by atoms with van der Waals surface area (Å²) in [5.74, 6) is 0.342. The summed E-state index contributed by atoms with van der Waals surface area (Å²) in [6.45, 7) is 0.423. The van der Waals surface area contributed by atoms with Crippen LogP contribution in [-0.4, -0.2) is 15.0 Å². The Hall–Kier alpha value is -1.64. The molecule has 1 aromatic carbocycles. The largest absolute Gasteiger partial charge is 0.241 e. The van der Waals surface area contributed by atoms with E-state index in [1.807, 2.05) is 6.07 Å². The Bertz CT molecular complexity index is 615. The predicted octanol–water partition coefficient (Wildman–Crippen LogP) is 2.19. The van der Waals surface area contributed by atoms with E-state index in [1.165, 1.54) is 12.1 Å². The first-order valence-corrected chi connectivity index (χ1v) is 7.75. The highest BCUT2D eigenvalue weighted by Gasteiger charge is 2.20. The molecule has 0 heterocycles. The smallest absolute Gasteiger partial charge is 0.211 e.